The van der Waals surface area contributed by atoms with Gasteiger partial charge in [-0.25, -0.2) is 4.98 Å². The first-order valence-corrected chi connectivity index (χ1v) is 5.34. The Hall–Kier alpha value is -1.57. The van der Waals surface area contributed by atoms with Crippen LogP contribution < -0.4 is 5.73 Å². The number of aryl methyl sites for hydroxylation is 1. The van der Waals surface area contributed by atoms with E-state index < -0.39 is 24.6 Å². The normalized spacial score (nSPS) is 13.6. The van der Waals surface area contributed by atoms with Gasteiger partial charge >= 0.3 is 12.1 Å². The lowest BCUT2D eigenvalue weighted by Gasteiger charge is -2.06. The SMILES string of the molecule is N[C@@H](Cc1cn(CCCC(F)(F)F)cn1)C(=O)O. The van der Waals surface area contributed by atoms with Crippen molar-refractivity contribution in [2.75, 3.05) is 0 Å². The molecule has 1 heterocycles. The maximum atomic E-state index is 11.9. The monoisotopic (exact) mass is 265 g/mol. The lowest BCUT2D eigenvalue weighted by Crippen LogP contribution is -2.32. The van der Waals surface area contributed by atoms with Crippen molar-refractivity contribution in [3.8, 4) is 0 Å². The molecule has 0 unspecified atom stereocenters. The zero-order chi connectivity index (χ0) is 13.8. The van der Waals surface area contributed by atoms with E-state index in [2.05, 4.69) is 4.98 Å². The lowest BCUT2D eigenvalue weighted by molar-refractivity contribution is -0.138. The number of imidazole rings is 1. The van der Waals surface area contributed by atoms with Crippen LogP contribution in [0, 0.1) is 0 Å². The Balaban J connectivity index is 2.41. The number of alkyl halides is 3. The van der Waals surface area contributed by atoms with Crippen molar-refractivity contribution < 1.29 is 23.1 Å². The maximum Gasteiger partial charge on any atom is 0.389 e. The van der Waals surface area contributed by atoms with Crippen LogP contribution in [0.15, 0.2) is 12.5 Å². The highest BCUT2D eigenvalue weighted by Gasteiger charge is 2.26. The van der Waals surface area contributed by atoms with Crippen LogP contribution in [0.25, 0.3) is 0 Å². The molecule has 0 saturated carbocycles. The van der Waals surface area contributed by atoms with Gasteiger partial charge in [-0.15, -0.1) is 0 Å². The van der Waals surface area contributed by atoms with Gasteiger partial charge in [0.1, 0.15) is 6.04 Å². The number of aromatic nitrogens is 2. The maximum absolute atomic E-state index is 11.9. The highest BCUT2D eigenvalue weighted by Crippen LogP contribution is 2.21. The van der Waals surface area contributed by atoms with Crippen LogP contribution in [0.3, 0.4) is 0 Å². The average molecular weight is 265 g/mol. The van der Waals surface area contributed by atoms with E-state index in [0.717, 1.165) is 0 Å². The van der Waals surface area contributed by atoms with Gasteiger partial charge in [0.25, 0.3) is 0 Å². The molecule has 102 valence electrons. The molecule has 0 radical (unpaired) electrons. The summed E-state index contributed by atoms with van der Waals surface area (Å²) in [4.78, 5) is 14.4. The molecular formula is C10H14F3N3O2. The molecule has 0 bridgehead atoms. The van der Waals surface area contributed by atoms with E-state index in [9.17, 15) is 18.0 Å². The Morgan fingerprint density at radius 1 is 1.56 bits per heavy atom. The Bertz CT molecular complexity index is 403. The summed E-state index contributed by atoms with van der Waals surface area (Å²) in [6.45, 7) is 0.189. The second-order valence-corrected chi connectivity index (χ2v) is 3.97. The summed E-state index contributed by atoms with van der Waals surface area (Å²) in [7, 11) is 0. The van der Waals surface area contributed by atoms with Gasteiger partial charge in [-0.1, -0.05) is 0 Å². The fraction of sp³-hybridized carbons (Fsp3) is 0.600. The van der Waals surface area contributed by atoms with Crippen molar-refractivity contribution in [2.24, 2.45) is 5.73 Å². The Morgan fingerprint density at radius 3 is 2.78 bits per heavy atom. The van der Waals surface area contributed by atoms with Gasteiger partial charge in [0.05, 0.1) is 12.0 Å². The topological polar surface area (TPSA) is 81.1 Å². The number of hydrogen-bond acceptors (Lipinski definition) is 3. The molecule has 5 nitrogen and oxygen atoms in total. The highest BCUT2D eigenvalue weighted by molar-refractivity contribution is 5.73. The molecule has 0 aromatic carbocycles. The third kappa shape index (κ3) is 5.17. The molecule has 18 heavy (non-hydrogen) atoms. The molecule has 0 spiro atoms. The Morgan fingerprint density at radius 2 is 2.22 bits per heavy atom. The first kappa shape index (κ1) is 14.5. The van der Waals surface area contributed by atoms with Crippen molar-refractivity contribution in [1.29, 1.82) is 0 Å². The van der Waals surface area contributed by atoms with Crippen LogP contribution in [0.4, 0.5) is 13.2 Å². The van der Waals surface area contributed by atoms with Crippen LogP contribution in [0.2, 0.25) is 0 Å². The van der Waals surface area contributed by atoms with Crippen LogP contribution in [-0.4, -0.2) is 32.8 Å². The second kappa shape index (κ2) is 5.85. The van der Waals surface area contributed by atoms with Crippen LogP contribution in [0.5, 0.6) is 0 Å². The van der Waals surface area contributed by atoms with Gasteiger partial charge < -0.3 is 15.4 Å². The van der Waals surface area contributed by atoms with E-state index in [0.29, 0.717) is 5.69 Å². The zero-order valence-electron chi connectivity index (χ0n) is 9.52. The van der Waals surface area contributed by atoms with Gasteiger partial charge in [0.2, 0.25) is 0 Å². The Kier molecular flexibility index (Phi) is 4.71. The van der Waals surface area contributed by atoms with E-state index in [-0.39, 0.29) is 19.4 Å². The van der Waals surface area contributed by atoms with Gasteiger partial charge in [-0.2, -0.15) is 13.2 Å². The summed E-state index contributed by atoms with van der Waals surface area (Å²) in [5, 5.41) is 8.60. The zero-order valence-corrected chi connectivity index (χ0v) is 9.52. The molecule has 0 fully saturated rings. The second-order valence-electron chi connectivity index (χ2n) is 3.97. The average Bonchev–Trinajstić information content (AvgIpc) is 2.63. The molecule has 0 aliphatic rings. The van der Waals surface area contributed by atoms with Crippen LogP contribution in [0.1, 0.15) is 18.5 Å². The van der Waals surface area contributed by atoms with Gasteiger partial charge in [0, 0.05) is 25.6 Å². The highest BCUT2D eigenvalue weighted by atomic mass is 19.4. The van der Waals surface area contributed by atoms with E-state index in [4.69, 9.17) is 10.8 Å². The quantitative estimate of drug-likeness (QED) is 0.809. The molecular weight excluding hydrogens is 251 g/mol. The smallest absolute Gasteiger partial charge is 0.389 e. The summed E-state index contributed by atoms with van der Waals surface area (Å²) < 4.78 is 37.2. The van der Waals surface area contributed by atoms with E-state index in [1.165, 1.54) is 17.1 Å². The Labute approximate surface area is 101 Å². The standard InChI is InChI=1S/C10H14F3N3O2/c11-10(12,13)2-1-3-16-5-7(15-6-16)4-8(14)9(17)18/h5-6,8H,1-4,14H2,(H,17,18)/t8-/m0/s1. The fourth-order valence-corrected chi connectivity index (χ4v) is 1.41. The van der Waals surface area contributed by atoms with Gasteiger partial charge in [0.15, 0.2) is 0 Å². The fourth-order valence-electron chi connectivity index (χ4n) is 1.41. The van der Waals surface area contributed by atoms with E-state index in [1.807, 2.05) is 0 Å². The van der Waals surface area contributed by atoms with Crippen molar-refractivity contribution in [3.63, 3.8) is 0 Å². The molecule has 0 aliphatic heterocycles. The van der Waals surface area contributed by atoms with Crippen molar-refractivity contribution in [2.45, 2.75) is 38.0 Å². The predicted molar refractivity (Wildman–Crippen MR) is 56.8 cm³/mol. The molecule has 1 atom stereocenters. The van der Waals surface area contributed by atoms with Crippen molar-refractivity contribution in [1.82, 2.24) is 9.55 Å². The summed E-state index contributed by atoms with van der Waals surface area (Å²) >= 11 is 0. The molecule has 0 aliphatic carbocycles. The molecule has 1 rings (SSSR count). The molecule has 0 amide bonds. The first-order chi connectivity index (χ1) is 8.28. The van der Waals surface area contributed by atoms with Crippen LogP contribution >= 0.6 is 0 Å². The molecule has 1 aromatic rings. The molecule has 1 aromatic heterocycles. The number of carboxylic acids is 1. The molecule has 0 saturated heterocycles. The van der Waals surface area contributed by atoms with Gasteiger partial charge in [-0.05, 0) is 6.42 Å². The van der Waals surface area contributed by atoms with Crippen molar-refractivity contribution >= 4 is 5.97 Å². The van der Waals surface area contributed by atoms with E-state index >= 15 is 0 Å². The number of halogens is 3. The number of carboxylic acid groups (broad SMARTS) is 1. The van der Waals surface area contributed by atoms with E-state index in [1.54, 1.807) is 0 Å². The number of nitrogens with zero attached hydrogens (tertiary/aromatic N) is 2. The van der Waals surface area contributed by atoms with Crippen molar-refractivity contribution in [3.05, 3.63) is 18.2 Å². The summed E-state index contributed by atoms with van der Waals surface area (Å²) in [6, 6.07) is -1.05. The third-order valence-electron chi connectivity index (χ3n) is 2.31. The third-order valence-corrected chi connectivity index (χ3v) is 2.31. The minimum Gasteiger partial charge on any atom is -0.480 e. The largest absolute Gasteiger partial charge is 0.480 e. The van der Waals surface area contributed by atoms with Crippen LogP contribution in [-0.2, 0) is 17.8 Å². The number of carbonyl (C=O) groups is 1. The minimum absolute atomic E-state index is 0.0374. The number of rotatable bonds is 6. The van der Waals surface area contributed by atoms with Gasteiger partial charge in [-0.3, -0.25) is 4.79 Å². The number of aliphatic carboxylic acids is 1. The summed E-state index contributed by atoms with van der Waals surface area (Å²) in [5.41, 5.74) is 5.77. The summed E-state index contributed by atoms with van der Waals surface area (Å²) in [5.74, 6) is -1.14. The molecule has 3 N–H and O–H groups in total. The molecule has 8 heteroatoms. The first-order valence-electron chi connectivity index (χ1n) is 5.34. The number of nitrogens with two attached hydrogens (primary N) is 1. The lowest BCUT2D eigenvalue weighted by atomic mass is 10.2. The number of hydrogen-bond donors (Lipinski definition) is 2. The summed E-state index contributed by atoms with van der Waals surface area (Å²) in [6.07, 6.45) is -2.10. The minimum atomic E-state index is -4.16. The predicted octanol–water partition coefficient (Wildman–Crippen LogP) is 1.18.